The van der Waals surface area contributed by atoms with Crippen molar-refractivity contribution in [3.05, 3.63) is 82.9 Å². The molecule has 166 valence electrons. The van der Waals surface area contributed by atoms with Crippen LogP contribution >= 0.6 is 11.3 Å². The highest BCUT2D eigenvalue weighted by molar-refractivity contribution is 7.17. The van der Waals surface area contributed by atoms with Crippen molar-refractivity contribution >= 4 is 22.9 Å². The van der Waals surface area contributed by atoms with Gasteiger partial charge in [0.2, 0.25) is 0 Å². The maximum absolute atomic E-state index is 13.4. The Morgan fingerprint density at radius 1 is 0.939 bits per heavy atom. The van der Waals surface area contributed by atoms with Gasteiger partial charge in [-0.25, -0.2) is 4.98 Å². The molecule has 1 amide bonds. The molecule has 0 radical (unpaired) electrons. The van der Waals surface area contributed by atoms with Crippen LogP contribution in [0.1, 0.15) is 20.9 Å². The molecule has 0 spiro atoms. The summed E-state index contributed by atoms with van der Waals surface area (Å²) in [5.41, 5.74) is 4.54. The van der Waals surface area contributed by atoms with Gasteiger partial charge in [-0.15, -0.1) is 20.1 Å². The third kappa shape index (κ3) is 4.17. The van der Waals surface area contributed by atoms with E-state index in [0.29, 0.717) is 16.3 Å². The predicted molar refractivity (Wildman–Crippen MR) is 123 cm³/mol. The summed E-state index contributed by atoms with van der Waals surface area (Å²) in [5, 5.41) is 3.69. The molecular weight excluding hydrogens is 446 g/mol. The van der Waals surface area contributed by atoms with Crippen molar-refractivity contribution in [3.63, 3.8) is 0 Å². The molecule has 2 heterocycles. The van der Waals surface area contributed by atoms with E-state index in [-0.39, 0.29) is 17.4 Å². The fourth-order valence-electron chi connectivity index (χ4n) is 3.64. The number of ether oxygens (including phenoxy) is 2. The van der Waals surface area contributed by atoms with Crippen LogP contribution in [0, 0.1) is 13.8 Å². The number of hydrogen-bond donors (Lipinski definition) is 1. The second kappa shape index (κ2) is 7.97. The van der Waals surface area contributed by atoms with Crippen LogP contribution in [0.4, 0.5) is 14.5 Å². The highest BCUT2D eigenvalue weighted by atomic mass is 32.1. The maximum atomic E-state index is 13.4. The molecule has 0 saturated carbocycles. The summed E-state index contributed by atoms with van der Waals surface area (Å²) in [5.74, 6) is -0.228. The molecular formula is C25H18F2N2O3S. The lowest BCUT2D eigenvalue weighted by Crippen LogP contribution is -2.25. The molecule has 0 fully saturated rings. The molecule has 0 unspecified atom stereocenters. The van der Waals surface area contributed by atoms with Crippen LogP contribution in [0.3, 0.4) is 0 Å². The number of benzene rings is 3. The average Bonchev–Trinajstić information content (AvgIpc) is 3.32. The lowest BCUT2D eigenvalue weighted by atomic mass is 9.99. The van der Waals surface area contributed by atoms with Crippen LogP contribution in [-0.2, 0) is 0 Å². The van der Waals surface area contributed by atoms with Crippen LogP contribution < -0.4 is 14.8 Å². The van der Waals surface area contributed by atoms with Gasteiger partial charge in [0.15, 0.2) is 11.5 Å². The monoisotopic (exact) mass is 464 g/mol. The second-order valence-electron chi connectivity index (χ2n) is 7.61. The fourth-order valence-corrected chi connectivity index (χ4v) is 4.61. The molecule has 1 aromatic heterocycles. The molecule has 3 aromatic carbocycles. The van der Waals surface area contributed by atoms with Crippen molar-refractivity contribution in [2.75, 3.05) is 5.32 Å². The maximum Gasteiger partial charge on any atom is 0.586 e. The second-order valence-corrected chi connectivity index (χ2v) is 8.61. The fraction of sp³-hybridized carbons (Fsp3) is 0.120. The predicted octanol–water partition coefficient (Wildman–Crippen LogP) is 6.67. The Labute approximate surface area is 192 Å². The van der Waals surface area contributed by atoms with E-state index >= 15 is 0 Å². The minimum absolute atomic E-state index is 0.00660. The third-order valence-electron chi connectivity index (χ3n) is 5.23. The number of fused-ring (bicyclic) bond motifs is 1. The number of nitrogens with zero attached hydrogens (tertiary/aromatic N) is 1. The van der Waals surface area contributed by atoms with E-state index in [9.17, 15) is 13.6 Å². The van der Waals surface area contributed by atoms with Crippen molar-refractivity contribution in [3.8, 4) is 33.2 Å². The first-order valence-corrected chi connectivity index (χ1v) is 11.0. The Kier molecular flexibility index (Phi) is 5.09. The summed E-state index contributed by atoms with van der Waals surface area (Å²) < 4.78 is 35.8. The van der Waals surface area contributed by atoms with Crippen LogP contribution in [0.25, 0.3) is 21.7 Å². The molecule has 0 atom stereocenters. The minimum Gasteiger partial charge on any atom is -0.395 e. The van der Waals surface area contributed by atoms with Gasteiger partial charge < -0.3 is 14.8 Å². The summed E-state index contributed by atoms with van der Waals surface area (Å²) in [6, 6.07) is 19.9. The van der Waals surface area contributed by atoms with Crippen LogP contribution in [0.2, 0.25) is 0 Å². The number of nitrogens with one attached hydrogen (secondary N) is 1. The number of aromatic nitrogens is 1. The smallest absolute Gasteiger partial charge is 0.395 e. The highest BCUT2D eigenvalue weighted by Gasteiger charge is 2.43. The first-order valence-electron chi connectivity index (χ1n) is 10.1. The zero-order valence-corrected chi connectivity index (χ0v) is 18.5. The van der Waals surface area contributed by atoms with Crippen molar-refractivity contribution in [1.82, 2.24) is 4.98 Å². The summed E-state index contributed by atoms with van der Waals surface area (Å²) >= 11 is 1.34. The zero-order valence-electron chi connectivity index (χ0n) is 17.7. The number of amides is 1. The molecule has 0 saturated heterocycles. The number of thiazole rings is 1. The van der Waals surface area contributed by atoms with Gasteiger partial charge in [-0.2, -0.15) is 0 Å². The van der Waals surface area contributed by atoms with Crippen LogP contribution in [0.5, 0.6) is 11.5 Å². The molecule has 4 aromatic rings. The lowest BCUT2D eigenvalue weighted by Gasteiger charge is -2.09. The van der Waals surface area contributed by atoms with E-state index < -0.39 is 6.29 Å². The highest BCUT2D eigenvalue weighted by Crippen LogP contribution is 2.44. The van der Waals surface area contributed by atoms with E-state index in [1.54, 1.807) is 12.1 Å². The molecule has 8 heteroatoms. The van der Waals surface area contributed by atoms with Gasteiger partial charge in [-0.05, 0) is 54.8 Å². The Morgan fingerprint density at radius 2 is 1.61 bits per heavy atom. The van der Waals surface area contributed by atoms with Gasteiger partial charge in [0.25, 0.3) is 5.91 Å². The van der Waals surface area contributed by atoms with Gasteiger partial charge in [0.05, 0.1) is 5.69 Å². The summed E-state index contributed by atoms with van der Waals surface area (Å²) in [4.78, 5) is 17.9. The third-order valence-corrected chi connectivity index (χ3v) is 6.43. The van der Waals surface area contributed by atoms with E-state index in [1.807, 2.05) is 56.3 Å². The number of alkyl halides is 2. The summed E-state index contributed by atoms with van der Waals surface area (Å²) in [6.45, 7) is 3.62. The molecule has 0 aliphatic carbocycles. The van der Waals surface area contributed by atoms with Crippen molar-refractivity contribution in [2.24, 2.45) is 0 Å². The van der Waals surface area contributed by atoms with Crippen molar-refractivity contribution in [2.45, 2.75) is 20.1 Å². The Balaban J connectivity index is 1.34. The van der Waals surface area contributed by atoms with Gasteiger partial charge in [0, 0.05) is 11.3 Å². The summed E-state index contributed by atoms with van der Waals surface area (Å²) in [6.07, 6.45) is -3.66. The number of anilines is 1. The number of aryl methyl sites for hydroxylation is 2. The molecule has 1 aliphatic rings. The molecule has 5 rings (SSSR count). The number of hydrogen-bond acceptors (Lipinski definition) is 5. The lowest BCUT2D eigenvalue weighted by molar-refractivity contribution is -0.286. The molecule has 5 nitrogen and oxygen atoms in total. The average molecular weight is 464 g/mol. The molecule has 1 aliphatic heterocycles. The van der Waals surface area contributed by atoms with E-state index in [0.717, 1.165) is 27.3 Å². The molecule has 33 heavy (non-hydrogen) atoms. The van der Waals surface area contributed by atoms with E-state index in [4.69, 9.17) is 0 Å². The van der Waals surface area contributed by atoms with E-state index in [1.165, 1.54) is 23.5 Å². The van der Waals surface area contributed by atoms with Gasteiger partial charge in [-0.3, -0.25) is 4.79 Å². The summed E-state index contributed by atoms with van der Waals surface area (Å²) in [7, 11) is 0. The number of rotatable bonds is 4. The number of carbonyl (C=O) groups excluding carboxylic acids is 1. The number of carbonyl (C=O) groups is 1. The zero-order chi connectivity index (χ0) is 23.2. The Morgan fingerprint density at radius 3 is 2.30 bits per heavy atom. The Hall–Kier alpha value is -3.78. The minimum atomic E-state index is -3.66. The Bertz CT molecular complexity index is 1350. The SMILES string of the molecule is Cc1cc2c(cc1-c1ccc(NC(=O)c3sc(-c4ccccc4)nc3C)cc1)OC(F)(F)O2. The molecule has 0 bridgehead atoms. The van der Waals surface area contributed by atoms with E-state index in [2.05, 4.69) is 19.8 Å². The van der Waals surface area contributed by atoms with Crippen LogP contribution in [-0.4, -0.2) is 17.2 Å². The van der Waals surface area contributed by atoms with Crippen molar-refractivity contribution < 1.29 is 23.0 Å². The normalized spacial score (nSPS) is 13.7. The standard InChI is InChI=1S/C25H18F2N2O3S/c1-14-12-20-21(32-25(26,27)31-20)13-19(14)16-8-10-18(11-9-16)29-23(30)22-15(2)28-24(33-22)17-6-4-3-5-7-17/h3-13H,1-2H3,(H,29,30). The van der Waals surface area contributed by atoms with Crippen LogP contribution in [0.15, 0.2) is 66.7 Å². The first kappa shape index (κ1) is 21.1. The van der Waals surface area contributed by atoms with Gasteiger partial charge in [-0.1, -0.05) is 42.5 Å². The quantitative estimate of drug-likeness (QED) is 0.367. The van der Waals surface area contributed by atoms with Gasteiger partial charge >= 0.3 is 6.29 Å². The van der Waals surface area contributed by atoms with Gasteiger partial charge in [0.1, 0.15) is 9.88 Å². The first-order chi connectivity index (χ1) is 15.8. The number of halogens is 2. The molecule has 1 N–H and O–H groups in total. The topological polar surface area (TPSA) is 60.5 Å². The largest absolute Gasteiger partial charge is 0.586 e. The van der Waals surface area contributed by atoms with Crippen molar-refractivity contribution in [1.29, 1.82) is 0 Å².